The van der Waals surface area contributed by atoms with Crippen LogP contribution < -0.4 is 0 Å². The van der Waals surface area contributed by atoms with E-state index in [9.17, 15) is 9.90 Å². The summed E-state index contributed by atoms with van der Waals surface area (Å²) in [6, 6.07) is 16.4. The molecule has 0 amide bonds. The fraction of sp³-hybridized carbons (Fsp3) is 0.150. The van der Waals surface area contributed by atoms with Crippen molar-refractivity contribution in [1.82, 2.24) is 0 Å². The molecule has 0 saturated heterocycles. The predicted molar refractivity (Wildman–Crippen MR) is 90.3 cm³/mol. The number of carboxylic acid groups (broad SMARTS) is 1. The van der Waals surface area contributed by atoms with Crippen LogP contribution in [-0.4, -0.2) is 11.1 Å². The van der Waals surface area contributed by atoms with Crippen molar-refractivity contribution in [1.29, 1.82) is 0 Å². The first-order valence-corrected chi connectivity index (χ1v) is 7.36. The summed E-state index contributed by atoms with van der Waals surface area (Å²) >= 11 is 0. The SMILES string of the molecule is CC1=C(CC(=O)O)c2cc(C)ccc2/C1=C\c1ccccc1. The molecule has 0 atom stereocenters. The highest BCUT2D eigenvalue weighted by atomic mass is 16.4. The number of rotatable bonds is 3. The Morgan fingerprint density at radius 2 is 1.77 bits per heavy atom. The lowest BCUT2D eigenvalue weighted by molar-refractivity contribution is -0.135. The zero-order chi connectivity index (χ0) is 15.7. The molecule has 2 aromatic rings. The third-order valence-electron chi connectivity index (χ3n) is 4.09. The molecule has 0 bridgehead atoms. The van der Waals surface area contributed by atoms with Crippen LogP contribution in [0.15, 0.2) is 54.1 Å². The summed E-state index contributed by atoms with van der Waals surface area (Å²) in [7, 11) is 0. The Bertz CT molecular complexity index is 796. The maximum Gasteiger partial charge on any atom is 0.307 e. The summed E-state index contributed by atoms with van der Waals surface area (Å²) in [4.78, 5) is 11.2. The van der Waals surface area contributed by atoms with E-state index in [1.807, 2.05) is 32.0 Å². The molecule has 0 aliphatic heterocycles. The van der Waals surface area contributed by atoms with E-state index >= 15 is 0 Å². The monoisotopic (exact) mass is 290 g/mol. The Labute approximate surface area is 130 Å². The first kappa shape index (κ1) is 14.3. The number of aliphatic carboxylic acids is 1. The first-order chi connectivity index (χ1) is 10.6. The van der Waals surface area contributed by atoms with Gasteiger partial charge in [0.25, 0.3) is 0 Å². The number of carbonyl (C=O) groups is 1. The zero-order valence-corrected chi connectivity index (χ0v) is 12.8. The van der Waals surface area contributed by atoms with Crippen LogP contribution in [-0.2, 0) is 4.79 Å². The van der Waals surface area contributed by atoms with Gasteiger partial charge in [0.1, 0.15) is 0 Å². The molecule has 0 aromatic heterocycles. The molecular formula is C20H18O2. The molecule has 0 radical (unpaired) electrons. The van der Waals surface area contributed by atoms with Crippen molar-refractivity contribution in [2.75, 3.05) is 0 Å². The normalized spacial score (nSPS) is 15.3. The highest BCUT2D eigenvalue weighted by molar-refractivity contribution is 6.07. The number of carboxylic acids is 1. The highest BCUT2D eigenvalue weighted by Gasteiger charge is 2.24. The smallest absolute Gasteiger partial charge is 0.307 e. The van der Waals surface area contributed by atoms with Gasteiger partial charge in [-0.3, -0.25) is 4.79 Å². The van der Waals surface area contributed by atoms with Crippen LogP contribution in [0.5, 0.6) is 0 Å². The van der Waals surface area contributed by atoms with Gasteiger partial charge in [0.05, 0.1) is 6.42 Å². The predicted octanol–water partition coefficient (Wildman–Crippen LogP) is 4.80. The van der Waals surface area contributed by atoms with Gasteiger partial charge in [0.15, 0.2) is 0 Å². The molecule has 2 aromatic carbocycles. The Morgan fingerprint density at radius 1 is 1.05 bits per heavy atom. The summed E-state index contributed by atoms with van der Waals surface area (Å²) in [6.45, 7) is 4.05. The largest absolute Gasteiger partial charge is 0.481 e. The highest BCUT2D eigenvalue weighted by Crippen LogP contribution is 2.43. The zero-order valence-electron chi connectivity index (χ0n) is 12.8. The van der Waals surface area contributed by atoms with E-state index in [0.717, 1.165) is 39.0 Å². The molecule has 0 saturated carbocycles. The van der Waals surface area contributed by atoms with Gasteiger partial charge in [-0.1, -0.05) is 54.1 Å². The second kappa shape index (κ2) is 5.64. The van der Waals surface area contributed by atoms with Crippen LogP contribution in [0.25, 0.3) is 17.2 Å². The number of hydrogen-bond donors (Lipinski definition) is 1. The van der Waals surface area contributed by atoms with Gasteiger partial charge in [-0.05, 0) is 53.3 Å². The van der Waals surface area contributed by atoms with Crippen LogP contribution in [0.1, 0.15) is 35.6 Å². The van der Waals surface area contributed by atoms with E-state index in [1.165, 1.54) is 0 Å². The quantitative estimate of drug-likeness (QED) is 0.881. The van der Waals surface area contributed by atoms with E-state index in [1.54, 1.807) is 0 Å². The Morgan fingerprint density at radius 3 is 2.45 bits per heavy atom. The van der Waals surface area contributed by atoms with E-state index in [-0.39, 0.29) is 6.42 Å². The van der Waals surface area contributed by atoms with Gasteiger partial charge in [-0.25, -0.2) is 0 Å². The second-order valence-electron chi connectivity index (χ2n) is 5.69. The molecular weight excluding hydrogens is 272 g/mol. The topological polar surface area (TPSA) is 37.3 Å². The number of fused-ring (bicyclic) bond motifs is 1. The molecule has 1 N–H and O–H groups in total. The van der Waals surface area contributed by atoms with Gasteiger partial charge in [-0.2, -0.15) is 0 Å². The van der Waals surface area contributed by atoms with Crippen molar-refractivity contribution in [3.63, 3.8) is 0 Å². The minimum atomic E-state index is -0.789. The van der Waals surface area contributed by atoms with Gasteiger partial charge in [0, 0.05) is 0 Å². The third-order valence-corrected chi connectivity index (χ3v) is 4.09. The van der Waals surface area contributed by atoms with Gasteiger partial charge in [0.2, 0.25) is 0 Å². The lowest BCUT2D eigenvalue weighted by Gasteiger charge is -2.05. The average Bonchev–Trinajstić information content (AvgIpc) is 2.73. The molecule has 2 nitrogen and oxygen atoms in total. The van der Waals surface area contributed by atoms with Crippen molar-refractivity contribution in [3.05, 3.63) is 76.4 Å². The standard InChI is InChI=1S/C20H18O2/c1-13-8-9-16-17(11-15-6-4-3-5-7-15)14(2)18(12-20(21)22)19(16)10-13/h3-11H,12H2,1-2H3,(H,21,22)/b17-11-. The molecule has 0 fully saturated rings. The summed E-state index contributed by atoms with van der Waals surface area (Å²) in [5.41, 5.74) is 7.57. The van der Waals surface area contributed by atoms with E-state index in [0.29, 0.717) is 0 Å². The minimum absolute atomic E-state index is 0.0639. The summed E-state index contributed by atoms with van der Waals surface area (Å²) in [5, 5.41) is 9.21. The Balaban J connectivity index is 2.17. The van der Waals surface area contributed by atoms with Crippen molar-refractivity contribution in [3.8, 4) is 0 Å². The molecule has 0 spiro atoms. The van der Waals surface area contributed by atoms with Crippen LogP contribution in [0.4, 0.5) is 0 Å². The van der Waals surface area contributed by atoms with Crippen molar-refractivity contribution < 1.29 is 9.90 Å². The lowest BCUT2D eigenvalue weighted by Crippen LogP contribution is -1.97. The first-order valence-electron chi connectivity index (χ1n) is 7.36. The molecule has 3 rings (SSSR count). The second-order valence-corrected chi connectivity index (χ2v) is 5.69. The third kappa shape index (κ3) is 2.60. The lowest BCUT2D eigenvalue weighted by atomic mass is 9.99. The molecule has 2 heteroatoms. The van der Waals surface area contributed by atoms with Gasteiger partial charge >= 0.3 is 5.97 Å². The molecule has 110 valence electrons. The van der Waals surface area contributed by atoms with Crippen LogP contribution in [0, 0.1) is 6.92 Å². The van der Waals surface area contributed by atoms with Crippen molar-refractivity contribution >= 4 is 23.2 Å². The maximum atomic E-state index is 11.2. The average molecular weight is 290 g/mol. The van der Waals surface area contributed by atoms with Gasteiger partial charge < -0.3 is 5.11 Å². The minimum Gasteiger partial charge on any atom is -0.481 e. The number of benzene rings is 2. The van der Waals surface area contributed by atoms with Crippen molar-refractivity contribution in [2.24, 2.45) is 0 Å². The maximum absolute atomic E-state index is 11.2. The number of allylic oxidation sites excluding steroid dienone is 2. The fourth-order valence-corrected chi connectivity index (χ4v) is 2.99. The van der Waals surface area contributed by atoms with E-state index in [4.69, 9.17) is 0 Å². The fourth-order valence-electron chi connectivity index (χ4n) is 2.99. The molecule has 22 heavy (non-hydrogen) atoms. The van der Waals surface area contributed by atoms with Crippen LogP contribution in [0.2, 0.25) is 0 Å². The Hall–Kier alpha value is -2.61. The summed E-state index contributed by atoms with van der Waals surface area (Å²) in [6.07, 6.45) is 2.20. The molecule has 1 aliphatic rings. The van der Waals surface area contributed by atoms with Crippen molar-refractivity contribution in [2.45, 2.75) is 20.3 Å². The number of aryl methyl sites for hydroxylation is 1. The molecule has 0 heterocycles. The van der Waals surface area contributed by atoms with Gasteiger partial charge in [-0.15, -0.1) is 0 Å². The van der Waals surface area contributed by atoms with E-state index in [2.05, 4.69) is 36.4 Å². The molecule has 0 unspecified atom stereocenters. The summed E-state index contributed by atoms with van der Waals surface area (Å²) in [5.74, 6) is -0.789. The van der Waals surface area contributed by atoms with Crippen LogP contribution in [0.3, 0.4) is 0 Å². The molecule has 1 aliphatic carbocycles. The van der Waals surface area contributed by atoms with E-state index < -0.39 is 5.97 Å². The Kier molecular flexibility index (Phi) is 3.68. The van der Waals surface area contributed by atoms with Crippen LogP contribution >= 0.6 is 0 Å². The summed E-state index contributed by atoms with van der Waals surface area (Å²) < 4.78 is 0. The number of hydrogen-bond acceptors (Lipinski definition) is 1.